The van der Waals surface area contributed by atoms with Crippen molar-refractivity contribution in [2.45, 2.75) is 33.0 Å². The van der Waals surface area contributed by atoms with Gasteiger partial charge in [0.05, 0.1) is 0 Å². The van der Waals surface area contributed by atoms with Crippen LogP contribution in [0.15, 0.2) is 16.6 Å². The van der Waals surface area contributed by atoms with E-state index in [1.807, 2.05) is 19.9 Å². The number of aliphatic hydroxyl groups is 1. The van der Waals surface area contributed by atoms with Gasteiger partial charge in [0.15, 0.2) is 6.29 Å². The number of hydrogen-bond acceptors (Lipinski definition) is 3. The van der Waals surface area contributed by atoms with Gasteiger partial charge in [-0.1, -0.05) is 19.4 Å². The van der Waals surface area contributed by atoms with Crippen molar-refractivity contribution in [3.05, 3.63) is 11.6 Å². The van der Waals surface area contributed by atoms with Gasteiger partial charge in [-0.25, -0.2) is 0 Å². The van der Waals surface area contributed by atoms with Crippen LogP contribution in [0, 0.1) is 0 Å². The fourth-order valence-electron chi connectivity index (χ4n) is 1.00. The van der Waals surface area contributed by atoms with Crippen molar-refractivity contribution >= 4 is 6.21 Å². The Labute approximate surface area is 80.1 Å². The number of ether oxygens (including phenoxy) is 1. The Kier molecular flexibility index (Phi) is 7.54. The quantitative estimate of drug-likeness (QED) is 0.681. The smallest absolute Gasteiger partial charge is 0.157 e. The molecule has 0 amide bonds. The maximum Gasteiger partial charge on any atom is 0.157 e. The predicted molar refractivity (Wildman–Crippen MR) is 55.0 cm³/mol. The summed E-state index contributed by atoms with van der Waals surface area (Å²) in [4.78, 5) is 4.04. The first-order chi connectivity index (χ1) is 6.33. The van der Waals surface area contributed by atoms with E-state index in [0.717, 1.165) is 13.0 Å². The molecule has 0 fully saturated rings. The van der Waals surface area contributed by atoms with E-state index in [1.165, 1.54) is 12.7 Å². The van der Waals surface area contributed by atoms with E-state index in [-0.39, 0.29) is 0 Å². The van der Waals surface area contributed by atoms with Gasteiger partial charge in [-0.3, -0.25) is 4.99 Å². The van der Waals surface area contributed by atoms with E-state index >= 15 is 0 Å². The van der Waals surface area contributed by atoms with Crippen LogP contribution in [0.25, 0.3) is 0 Å². The highest BCUT2D eigenvalue weighted by Gasteiger charge is 2.06. The van der Waals surface area contributed by atoms with Gasteiger partial charge in [0, 0.05) is 26.3 Å². The normalized spacial score (nSPS) is 17.1. The molecule has 1 aliphatic rings. The number of nitrogens with zero attached hydrogens (tertiary/aromatic N) is 1. The van der Waals surface area contributed by atoms with Gasteiger partial charge in [0.2, 0.25) is 0 Å². The summed E-state index contributed by atoms with van der Waals surface area (Å²) in [5.74, 6) is 0. The van der Waals surface area contributed by atoms with E-state index in [4.69, 9.17) is 9.84 Å². The molecular weight excluding hydrogens is 166 g/mol. The van der Waals surface area contributed by atoms with Crippen molar-refractivity contribution in [3.8, 4) is 0 Å². The van der Waals surface area contributed by atoms with Crippen LogP contribution >= 0.6 is 0 Å². The fourth-order valence-corrected chi connectivity index (χ4v) is 1.00. The molecule has 3 nitrogen and oxygen atoms in total. The lowest BCUT2D eigenvalue weighted by Gasteiger charge is -2.12. The van der Waals surface area contributed by atoms with Crippen LogP contribution in [0.3, 0.4) is 0 Å². The van der Waals surface area contributed by atoms with Crippen molar-refractivity contribution < 1.29 is 9.84 Å². The van der Waals surface area contributed by atoms with Crippen LogP contribution in [0.5, 0.6) is 0 Å². The second-order valence-corrected chi connectivity index (χ2v) is 2.52. The molecule has 0 saturated carbocycles. The average molecular weight is 185 g/mol. The van der Waals surface area contributed by atoms with E-state index in [1.54, 1.807) is 6.21 Å². The van der Waals surface area contributed by atoms with Crippen molar-refractivity contribution in [2.24, 2.45) is 4.99 Å². The van der Waals surface area contributed by atoms with Gasteiger partial charge in [0.1, 0.15) is 0 Å². The molecule has 1 N–H and O–H groups in total. The van der Waals surface area contributed by atoms with Crippen LogP contribution in [-0.4, -0.2) is 31.3 Å². The summed E-state index contributed by atoms with van der Waals surface area (Å²) < 4.78 is 4.72. The molecule has 0 aromatic rings. The zero-order chi connectivity index (χ0) is 10.1. The molecule has 0 aromatic carbocycles. The summed E-state index contributed by atoms with van der Waals surface area (Å²) >= 11 is 0. The molecule has 1 unspecified atom stereocenters. The lowest BCUT2D eigenvalue weighted by Crippen LogP contribution is -2.11. The van der Waals surface area contributed by atoms with Crippen LogP contribution in [0.1, 0.15) is 26.7 Å². The maximum absolute atomic E-state index is 9.10. The summed E-state index contributed by atoms with van der Waals surface area (Å²) in [6.45, 7) is 4.84. The van der Waals surface area contributed by atoms with Crippen LogP contribution in [0.2, 0.25) is 0 Å². The van der Waals surface area contributed by atoms with E-state index in [0.29, 0.717) is 6.42 Å². The summed E-state index contributed by atoms with van der Waals surface area (Å²) in [7, 11) is 1.50. The number of aliphatic hydroxyl groups excluding tert-OH is 1. The summed E-state index contributed by atoms with van der Waals surface area (Å²) in [6, 6.07) is 0. The van der Waals surface area contributed by atoms with Crippen molar-refractivity contribution in [3.63, 3.8) is 0 Å². The molecule has 0 saturated heterocycles. The van der Waals surface area contributed by atoms with Crippen molar-refractivity contribution in [1.82, 2.24) is 0 Å². The first-order valence-electron chi connectivity index (χ1n) is 4.71. The Morgan fingerprint density at radius 3 is 2.77 bits per heavy atom. The predicted octanol–water partition coefficient (Wildman–Crippen LogP) is 1.77. The van der Waals surface area contributed by atoms with Crippen LogP contribution < -0.4 is 0 Å². The zero-order valence-corrected chi connectivity index (χ0v) is 8.66. The Hall–Kier alpha value is -0.670. The summed E-state index contributed by atoms with van der Waals surface area (Å²) in [5, 5.41) is 9.10. The Morgan fingerprint density at radius 2 is 2.31 bits per heavy atom. The second-order valence-electron chi connectivity index (χ2n) is 2.52. The molecule has 0 aromatic heterocycles. The maximum atomic E-state index is 9.10. The molecular formula is C10H19NO2. The van der Waals surface area contributed by atoms with Gasteiger partial charge in [-0.05, 0) is 12.5 Å². The summed E-state index contributed by atoms with van der Waals surface area (Å²) in [5.41, 5.74) is 1.20. The third kappa shape index (κ3) is 5.55. The van der Waals surface area contributed by atoms with Crippen molar-refractivity contribution in [1.29, 1.82) is 0 Å². The van der Waals surface area contributed by atoms with E-state index < -0.39 is 6.29 Å². The topological polar surface area (TPSA) is 41.8 Å². The Balaban J connectivity index is 0.000000671. The van der Waals surface area contributed by atoms with Crippen LogP contribution in [-0.2, 0) is 4.74 Å². The van der Waals surface area contributed by atoms with Crippen molar-refractivity contribution in [2.75, 3.05) is 13.7 Å². The monoisotopic (exact) mass is 185 g/mol. The number of methoxy groups -OCH3 is 1. The molecule has 0 aliphatic carbocycles. The van der Waals surface area contributed by atoms with Gasteiger partial charge >= 0.3 is 0 Å². The largest absolute Gasteiger partial charge is 0.368 e. The second kappa shape index (κ2) is 7.95. The van der Waals surface area contributed by atoms with E-state index in [2.05, 4.69) is 4.99 Å². The molecule has 1 atom stereocenters. The standard InChI is InChI=1S/C8H13NO2.C2H6/c1-11-8(10)6-7-2-4-9-5-3-7;1-2/h2,4,8,10H,3,5-6H2,1H3;1-2H3. The third-order valence-electron chi connectivity index (χ3n) is 1.69. The molecule has 1 heterocycles. The highest BCUT2D eigenvalue weighted by atomic mass is 16.6. The van der Waals surface area contributed by atoms with Gasteiger partial charge in [0.25, 0.3) is 0 Å². The minimum absolute atomic E-state index is 0.600. The minimum atomic E-state index is -0.659. The zero-order valence-electron chi connectivity index (χ0n) is 8.66. The molecule has 0 spiro atoms. The third-order valence-corrected chi connectivity index (χ3v) is 1.69. The lowest BCUT2D eigenvalue weighted by atomic mass is 10.1. The Morgan fingerprint density at radius 1 is 1.62 bits per heavy atom. The number of dihydropyridines is 1. The van der Waals surface area contributed by atoms with Gasteiger partial charge in [-0.15, -0.1) is 0 Å². The number of aliphatic imine (C=N–C) groups is 1. The molecule has 1 aliphatic heterocycles. The lowest BCUT2D eigenvalue weighted by molar-refractivity contribution is -0.0723. The summed E-state index contributed by atoms with van der Waals surface area (Å²) in [6.07, 6.45) is 4.60. The molecule has 0 bridgehead atoms. The van der Waals surface area contributed by atoms with Gasteiger partial charge < -0.3 is 9.84 Å². The van der Waals surface area contributed by atoms with Gasteiger partial charge in [-0.2, -0.15) is 0 Å². The number of allylic oxidation sites excluding steroid dienone is 1. The molecule has 1 rings (SSSR count). The molecule has 76 valence electrons. The average Bonchev–Trinajstić information content (AvgIpc) is 2.22. The highest BCUT2D eigenvalue weighted by Crippen LogP contribution is 2.12. The SMILES string of the molecule is CC.COC(O)CC1=CC=NCC1. The molecule has 3 heteroatoms. The first-order valence-corrected chi connectivity index (χ1v) is 4.71. The highest BCUT2D eigenvalue weighted by molar-refractivity contribution is 5.73. The molecule has 0 radical (unpaired) electrons. The number of rotatable bonds is 3. The minimum Gasteiger partial charge on any atom is -0.368 e. The first kappa shape index (κ1) is 12.3. The Bertz CT molecular complexity index is 176. The molecule has 13 heavy (non-hydrogen) atoms. The fraction of sp³-hybridized carbons (Fsp3) is 0.700. The van der Waals surface area contributed by atoms with E-state index in [9.17, 15) is 0 Å². The number of hydrogen-bond donors (Lipinski definition) is 1. The van der Waals surface area contributed by atoms with Crippen LogP contribution in [0.4, 0.5) is 0 Å².